The van der Waals surface area contributed by atoms with E-state index < -0.39 is 21.1 Å². The highest BCUT2D eigenvalue weighted by Crippen LogP contribution is 2.70. The lowest BCUT2D eigenvalue weighted by atomic mass is 9.63. The van der Waals surface area contributed by atoms with Gasteiger partial charge in [-0.2, -0.15) is 0 Å². The van der Waals surface area contributed by atoms with E-state index in [2.05, 4.69) is 31.9 Å². The maximum Gasteiger partial charge on any atom is 0.303 e. The summed E-state index contributed by atoms with van der Waals surface area (Å²) < 4.78 is -0.564. The molecule has 2 aliphatic carbocycles. The van der Waals surface area contributed by atoms with Crippen LogP contribution in [-0.4, -0.2) is 26.0 Å². The van der Waals surface area contributed by atoms with Gasteiger partial charge in [-0.25, -0.2) is 0 Å². The van der Waals surface area contributed by atoms with Crippen LogP contribution < -0.4 is 0 Å². The average Bonchev–Trinajstić information content (AvgIpc) is 2.46. The number of rotatable bonds is 2. The first-order valence-electron chi connectivity index (χ1n) is 5.28. The third-order valence-corrected chi connectivity index (χ3v) is 7.97. The predicted octanol–water partition coefficient (Wildman–Crippen LogP) is 2.75. The molecule has 16 heavy (non-hydrogen) atoms. The van der Waals surface area contributed by atoms with Crippen molar-refractivity contribution in [3.8, 4) is 0 Å². The molecular weight excluding hydrogens is 340 g/mol. The predicted molar refractivity (Wildman–Crippen MR) is 67.1 cm³/mol. The molecule has 0 heterocycles. The maximum absolute atomic E-state index is 12.3. The van der Waals surface area contributed by atoms with Gasteiger partial charge in [0.05, 0.1) is 10.7 Å². The van der Waals surface area contributed by atoms with Crippen LogP contribution in [0.2, 0.25) is 0 Å². The van der Waals surface area contributed by atoms with E-state index in [1.54, 1.807) is 0 Å². The van der Waals surface area contributed by atoms with E-state index >= 15 is 0 Å². The zero-order chi connectivity index (χ0) is 12.4. The summed E-state index contributed by atoms with van der Waals surface area (Å²) in [6, 6.07) is 0. The summed E-state index contributed by atoms with van der Waals surface area (Å²) in [5.74, 6) is -0.696. The van der Waals surface area contributed by atoms with Crippen molar-refractivity contribution in [1.29, 1.82) is 0 Å². The minimum absolute atomic E-state index is 0.0506. The summed E-state index contributed by atoms with van der Waals surface area (Å²) >= 11 is 7.09. The first-order chi connectivity index (χ1) is 7.18. The molecule has 2 aliphatic rings. The van der Waals surface area contributed by atoms with E-state index in [1.165, 1.54) is 0 Å². The topological polar surface area (TPSA) is 54.4 Å². The Hall–Kier alpha value is 0.1000. The second kappa shape index (κ2) is 3.31. The van der Waals surface area contributed by atoms with Gasteiger partial charge >= 0.3 is 5.97 Å². The molecule has 0 saturated heterocycles. The van der Waals surface area contributed by atoms with Gasteiger partial charge in [-0.1, -0.05) is 45.7 Å². The first-order valence-corrected chi connectivity index (χ1v) is 6.99. The van der Waals surface area contributed by atoms with Crippen LogP contribution in [0.4, 0.5) is 0 Å². The lowest BCUT2D eigenvalue weighted by Crippen LogP contribution is -2.43. The van der Waals surface area contributed by atoms with Crippen molar-refractivity contribution in [2.24, 2.45) is 10.8 Å². The molecule has 0 aromatic carbocycles. The number of ketones is 1. The van der Waals surface area contributed by atoms with Gasteiger partial charge in [-0.3, -0.25) is 9.59 Å². The Bertz CT molecular complexity index is 379. The Morgan fingerprint density at radius 2 is 2.06 bits per heavy atom. The Labute approximate surface area is 111 Å². The fraction of sp³-hybridized carbons (Fsp3) is 0.818. The monoisotopic (exact) mass is 352 g/mol. The number of carboxylic acid groups (broad SMARTS) is 1. The van der Waals surface area contributed by atoms with Gasteiger partial charge in [0.2, 0.25) is 0 Å². The average molecular weight is 354 g/mol. The van der Waals surface area contributed by atoms with Gasteiger partial charge in [-0.05, 0) is 12.8 Å². The van der Waals surface area contributed by atoms with Crippen molar-refractivity contribution >= 4 is 43.6 Å². The SMILES string of the molecule is CC1(C)C(=O)[C@]2(Br)CC[C@]1(CC(=O)O)[C@H]2Br. The van der Waals surface area contributed by atoms with Crippen LogP contribution in [0.25, 0.3) is 0 Å². The second-order valence-electron chi connectivity index (χ2n) is 5.41. The van der Waals surface area contributed by atoms with Crippen LogP contribution in [0.15, 0.2) is 0 Å². The number of halogens is 2. The molecule has 2 bridgehead atoms. The number of hydrogen-bond donors (Lipinski definition) is 1. The molecule has 3 atom stereocenters. The summed E-state index contributed by atoms with van der Waals surface area (Å²) in [4.78, 5) is 23.3. The molecule has 5 heteroatoms. The number of fused-ring (bicyclic) bond motifs is 2. The lowest BCUT2D eigenvalue weighted by molar-refractivity contribution is -0.143. The fourth-order valence-corrected chi connectivity index (χ4v) is 5.90. The van der Waals surface area contributed by atoms with Gasteiger partial charge in [-0.15, -0.1) is 0 Å². The van der Waals surface area contributed by atoms with Crippen LogP contribution in [0.1, 0.15) is 33.1 Å². The molecule has 0 unspecified atom stereocenters. The van der Waals surface area contributed by atoms with Gasteiger partial charge in [0.15, 0.2) is 5.78 Å². The molecule has 0 aromatic heterocycles. The Morgan fingerprint density at radius 1 is 1.50 bits per heavy atom. The van der Waals surface area contributed by atoms with Crippen LogP contribution in [-0.2, 0) is 9.59 Å². The zero-order valence-electron chi connectivity index (χ0n) is 9.22. The minimum atomic E-state index is -0.830. The van der Waals surface area contributed by atoms with Crippen LogP contribution >= 0.6 is 31.9 Å². The second-order valence-corrected chi connectivity index (χ2v) is 7.74. The standard InChI is InChI=1S/C11H14Br2O3/c1-9(2)8(16)11(13)4-3-10(9,7(11)12)5-6(14)15/h7H,3-5H2,1-2H3,(H,14,15)/t7-,10+,11+/m1/s1. The molecule has 0 radical (unpaired) electrons. The third kappa shape index (κ3) is 1.19. The van der Waals surface area contributed by atoms with Crippen LogP contribution in [0.3, 0.4) is 0 Å². The van der Waals surface area contributed by atoms with E-state index in [4.69, 9.17) is 5.11 Å². The molecule has 90 valence electrons. The summed E-state index contributed by atoms with van der Waals surface area (Å²) in [6.45, 7) is 3.74. The molecule has 2 fully saturated rings. The molecule has 2 saturated carbocycles. The number of aliphatic carboxylic acids is 1. The highest BCUT2D eigenvalue weighted by Gasteiger charge is 2.74. The molecule has 0 spiro atoms. The van der Waals surface area contributed by atoms with Crippen LogP contribution in [0, 0.1) is 10.8 Å². The molecule has 2 rings (SSSR count). The Morgan fingerprint density at radius 3 is 2.44 bits per heavy atom. The van der Waals surface area contributed by atoms with Crippen LogP contribution in [0.5, 0.6) is 0 Å². The van der Waals surface area contributed by atoms with E-state index in [0.29, 0.717) is 0 Å². The maximum atomic E-state index is 12.3. The molecule has 0 aliphatic heterocycles. The lowest BCUT2D eigenvalue weighted by Gasteiger charge is -2.40. The third-order valence-electron chi connectivity index (χ3n) is 4.48. The Balaban J connectivity index is 2.52. The van der Waals surface area contributed by atoms with Crippen molar-refractivity contribution in [1.82, 2.24) is 0 Å². The van der Waals surface area contributed by atoms with Gasteiger partial charge in [0.1, 0.15) is 0 Å². The summed E-state index contributed by atoms with van der Waals surface area (Å²) in [7, 11) is 0. The van der Waals surface area contributed by atoms with E-state index in [0.717, 1.165) is 12.8 Å². The smallest absolute Gasteiger partial charge is 0.303 e. The van der Waals surface area contributed by atoms with E-state index in [-0.39, 0.29) is 17.0 Å². The molecule has 3 nitrogen and oxygen atoms in total. The summed E-state index contributed by atoms with van der Waals surface area (Å²) in [6.07, 6.45) is 1.55. The number of Topliss-reactive ketones (excluding diaryl/α,β-unsaturated/α-hetero) is 1. The number of carbonyl (C=O) groups is 2. The minimum Gasteiger partial charge on any atom is -0.481 e. The highest BCUT2D eigenvalue weighted by atomic mass is 79.9. The summed E-state index contributed by atoms with van der Waals surface area (Å²) in [5, 5.41) is 9.06. The molecule has 1 N–H and O–H groups in total. The quantitative estimate of drug-likeness (QED) is 0.776. The zero-order valence-corrected chi connectivity index (χ0v) is 12.4. The Kier molecular flexibility index (Phi) is 2.60. The van der Waals surface area contributed by atoms with Gasteiger partial charge in [0, 0.05) is 15.7 Å². The highest BCUT2D eigenvalue weighted by molar-refractivity contribution is 9.13. The molecule has 0 amide bonds. The van der Waals surface area contributed by atoms with Crippen molar-refractivity contribution in [2.75, 3.05) is 0 Å². The number of carboxylic acids is 1. The number of carbonyl (C=O) groups excluding carboxylic acids is 1. The molecule has 0 aromatic rings. The number of hydrogen-bond acceptors (Lipinski definition) is 2. The fourth-order valence-electron chi connectivity index (χ4n) is 3.37. The molecular formula is C11H14Br2O3. The van der Waals surface area contributed by atoms with Crippen molar-refractivity contribution in [3.63, 3.8) is 0 Å². The summed E-state index contributed by atoms with van der Waals surface area (Å²) in [5.41, 5.74) is -1.04. The van der Waals surface area contributed by atoms with E-state index in [9.17, 15) is 9.59 Å². The largest absolute Gasteiger partial charge is 0.481 e. The van der Waals surface area contributed by atoms with Crippen molar-refractivity contribution < 1.29 is 14.7 Å². The van der Waals surface area contributed by atoms with E-state index in [1.807, 2.05) is 13.8 Å². The normalized spacial score (nSPS) is 45.0. The van der Waals surface area contributed by atoms with Gasteiger partial charge in [0.25, 0.3) is 0 Å². The number of alkyl halides is 2. The van der Waals surface area contributed by atoms with Crippen molar-refractivity contribution in [2.45, 2.75) is 42.3 Å². The first kappa shape index (κ1) is 12.6. The van der Waals surface area contributed by atoms with Crippen molar-refractivity contribution in [3.05, 3.63) is 0 Å². The van der Waals surface area contributed by atoms with Gasteiger partial charge < -0.3 is 5.11 Å².